The number of carbonyl (C=O) groups is 2. The van der Waals surface area contributed by atoms with E-state index in [1.165, 1.54) is 11.6 Å². The molecule has 0 atom stereocenters. The summed E-state index contributed by atoms with van der Waals surface area (Å²) < 4.78 is 5.24. The zero-order valence-electron chi connectivity index (χ0n) is 21.0. The fourth-order valence-corrected chi connectivity index (χ4v) is 5.59. The maximum Gasteiger partial charge on any atom is 0.321 e. The van der Waals surface area contributed by atoms with Crippen molar-refractivity contribution in [3.05, 3.63) is 47.7 Å². The van der Waals surface area contributed by atoms with Gasteiger partial charge in [-0.25, -0.2) is 4.79 Å². The van der Waals surface area contributed by atoms with Crippen molar-refractivity contribution in [1.29, 1.82) is 10.8 Å². The smallest absolute Gasteiger partial charge is 0.321 e. The molecule has 0 bridgehead atoms. The Hall–Kier alpha value is -3.04. The quantitative estimate of drug-likeness (QED) is 0.332. The number of ether oxygens (including phenoxy) is 1. The molecule has 1 spiro atoms. The lowest BCUT2D eigenvalue weighted by molar-refractivity contribution is -0.120. The maximum atomic E-state index is 13.5. The minimum atomic E-state index is -0.369. The van der Waals surface area contributed by atoms with E-state index in [1.54, 1.807) is 12.0 Å². The Labute approximate surface area is 208 Å². The van der Waals surface area contributed by atoms with Crippen molar-refractivity contribution in [2.75, 3.05) is 47.4 Å². The average Bonchev–Trinajstić information content (AvgIpc) is 3.10. The van der Waals surface area contributed by atoms with E-state index < -0.39 is 0 Å². The van der Waals surface area contributed by atoms with Gasteiger partial charge < -0.3 is 30.7 Å². The third kappa shape index (κ3) is 5.62. The van der Waals surface area contributed by atoms with Crippen molar-refractivity contribution in [2.24, 2.45) is 0 Å². The lowest BCUT2D eigenvalue weighted by Crippen LogP contribution is -2.55. The SMILES string of the molecule is COCCCN1C(=O)N(CC(=O)N/C(C=N)=C/C=N)C[C@]12CC[C@](c1ccccc1)(N(C)C)CC2. The summed E-state index contributed by atoms with van der Waals surface area (Å²) in [6.07, 6.45) is 7.59. The second-order valence-electron chi connectivity index (χ2n) is 9.63. The molecule has 190 valence electrons. The van der Waals surface area contributed by atoms with E-state index in [0.717, 1.165) is 44.5 Å². The second-order valence-corrected chi connectivity index (χ2v) is 9.63. The topological polar surface area (TPSA) is 113 Å². The molecule has 35 heavy (non-hydrogen) atoms. The highest BCUT2D eigenvalue weighted by molar-refractivity contribution is 5.93. The number of hydrogen-bond donors (Lipinski definition) is 3. The molecule has 1 saturated heterocycles. The molecule has 0 unspecified atom stereocenters. The van der Waals surface area contributed by atoms with Crippen LogP contribution in [0.1, 0.15) is 37.7 Å². The molecule has 1 aromatic rings. The molecule has 3 rings (SSSR count). The number of nitrogens with zero attached hydrogens (tertiary/aromatic N) is 3. The van der Waals surface area contributed by atoms with Gasteiger partial charge in [-0.3, -0.25) is 9.69 Å². The summed E-state index contributed by atoms with van der Waals surface area (Å²) in [6.45, 7) is 1.58. The van der Waals surface area contributed by atoms with E-state index in [9.17, 15) is 9.59 Å². The van der Waals surface area contributed by atoms with Gasteiger partial charge in [0.25, 0.3) is 0 Å². The minimum absolute atomic E-state index is 0.0813. The van der Waals surface area contributed by atoms with Gasteiger partial charge in [-0.2, -0.15) is 0 Å². The Morgan fingerprint density at radius 2 is 1.86 bits per heavy atom. The first kappa shape index (κ1) is 26.6. The van der Waals surface area contributed by atoms with Crippen LogP contribution in [-0.2, 0) is 15.1 Å². The van der Waals surface area contributed by atoms with E-state index in [-0.39, 0.29) is 35.3 Å². The molecule has 3 N–H and O–H groups in total. The Morgan fingerprint density at radius 3 is 2.43 bits per heavy atom. The van der Waals surface area contributed by atoms with Crippen LogP contribution in [0.5, 0.6) is 0 Å². The van der Waals surface area contributed by atoms with Crippen LogP contribution in [-0.4, -0.2) is 92.1 Å². The number of hydrogen-bond acceptors (Lipinski definition) is 6. The van der Waals surface area contributed by atoms with Gasteiger partial charge in [0.1, 0.15) is 6.54 Å². The van der Waals surface area contributed by atoms with E-state index >= 15 is 0 Å². The minimum Gasteiger partial charge on any atom is -0.385 e. The fourth-order valence-electron chi connectivity index (χ4n) is 5.59. The number of methoxy groups -OCH3 is 1. The molecule has 2 fully saturated rings. The molecule has 1 aliphatic carbocycles. The second kappa shape index (κ2) is 11.6. The normalized spacial score (nSPS) is 24.8. The zero-order chi connectivity index (χ0) is 25.5. The summed E-state index contributed by atoms with van der Waals surface area (Å²) in [6, 6.07) is 10.4. The average molecular weight is 483 g/mol. The highest BCUT2D eigenvalue weighted by Gasteiger charge is 2.54. The number of carbonyl (C=O) groups excluding carboxylic acids is 2. The maximum absolute atomic E-state index is 13.5. The lowest BCUT2D eigenvalue weighted by Gasteiger charge is -2.51. The molecule has 1 saturated carbocycles. The first-order valence-electron chi connectivity index (χ1n) is 12.1. The predicted octanol–water partition coefficient (Wildman–Crippen LogP) is 2.83. The van der Waals surface area contributed by atoms with Gasteiger partial charge in [-0.15, -0.1) is 0 Å². The summed E-state index contributed by atoms with van der Waals surface area (Å²) >= 11 is 0. The van der Waals surface area contributed by atoms with Crippen LogP contribution in [0.15, 0.2) is 42.1 Å². The molecule has 9 nitrogen and oxygen atoms in total. The highest BCUT2D eigenvalue weighted by atomic mass is 16.5. The molecule has 0 aromatic heterocycles. The number of amides is 3. The van der Waals surface area contributed by atoms with Crippen LogP contribution in [0.2, 0.25) is 0 Å². The molecule has 1 aromatic carbocycles. The Morgan fingerprint density at radius 1 is 1.17 bits per heavy atom. The monoisotopic (exact) mass is 482 g/mol. The van der Waals surface area contributed by atoms with Crippen LogP contribution in [0.25, 0.3) is 0 Å². The Bertz CT molecular complexity index is 938. The fraction of sp³-hybridized carbons (Fsp3) is 0.538. The van der Waals surface area contributed by atoms with E-state index in [0.29, 0.717) is 19.7 Å². The first-order chi connectivity index (χ1) is 16.8. The number of rotatable bonds is 11. The van der Waals surface area contributed by atoms with Crippen LogP contribution < -0.4 is 5.32 Å². The van der Waals surface area contributed by atoms with E-state index in [4.69, 9.17) is 15.6 Å². The van der Waals surface area contributed by atoms with Crippen molar-refractivity contribution in [1.82, 2.24) is 20.0 Å². The van der Waals surface area contributed by atoms with Gasteiger partial charge >= 0.3 is 6.03 Å². The highest BCUT2D eigenvalue weighted by Crippen LogP contribution is 2.48. The van der Waals surface area contributed by atoms with Gasteiger partial charge in [-0.1, -0.05) is 30.3 Å². The summed E-state index contributed by atoms with van der Waals surface area (Å²) in [7, 11) is 5.91. The summed E-state index contributed by atoms with van der Waals surface area (Å²) in [5.41, 5.74) is 1.10. The predicted molar refractivity (Wildman–Crippen MR) is 137 cm³/mol. The Balaban J connectivity index is 1.80. The molecule has 0 radical (unpaired) electrons. The molecule has 9 heteroatoms. The summed E-state index contributed by atoms with van der Waals surface area (Å²) in [4.78, 5) is 32.0. The third-order valence-electron chi connectivity index (χ3n) is 7.50. The number of allylic oxidation sites excluding steroid dienone is 2. The number of benzene rings is 1. The zero-order valence-corrected chi connectivity index (χ0v) is 21.0. The van der Waals surface area contributed by atoms with Crippen molar-refractivity contribution >= 4 is 24.4 Å². The van der Waals surface area contributed by atoms with Crippen molar-refractivity contribution in [2.45, 2.75) is 43.2 Å². The molecule has 1 heterocycles. The number of urea groups is 1. The lowest BCUT2D eigenvalue weighted by atomic mass is 9.68. The molecule has 3 amide bonds. The van der Waals surface area contributed by atoms with E-state index in [2.05, 4.69) is 48.6 Å². The third-order valence-corrected chi connectivity index (χ3v) is 7.50. The van der Waals surface area contributed by atoms with E-state index in [1.807, 2.05) is 11.0 Å². The van der Waals surface area contributed by atoms with Gasteiger partial charge in [0.05, 0.1) is 11.2 Å². The van der Waals surface area contributed by atoms with Crippen LogP contribution in [0.3, 0.4) is 0 Å². The van der Waals surface area contributed by atoms with Crippen LogP contribution >= 0.6 is 0 Å². The molecule has 2 aliphatic rings. The summed E-state index contributed by atoms with van der Waals surface area (Å²) in [5.74, 6) is -0.369. The van der Waals surface area contributed by atoms with Crippen molar-refractivity contribution in [3.63, 3.8) is 0 Å². The standard InChI is InChI=1S/C26H38N6O3/c1-30(2)26(21-8-5-4-6-9-21)13-11-25(12-14-26)20-31(24(34)32(25)16-7-17-35-3)19-23(33)29-22(18-28)10-15-27/h4-6,8-10,15,18,27-28H,7,11-14,16-17,19-20H2,1-3H3,(H,29,33)/b22-10+,27-15?,28-18?/t25-,26+. The van der Waals surface area contributed by atoms with Crippen molar-refractivity contribution in [3.8, 4) is 0 Å². The Kier molecular flexibility index (Phi) is 8.80. The van der Waals surface area contributed by atoms with Gasteiger partial charge in [0.15, 0.2) is 0 Å². The molecular weight excluding hydrogens is 444 g/mol. The molecular formula is C26H38N6O3. The first-order valence-corrected chi connectivity index (χ1v) is 12.1. The molecule has 1 aliphatic heterocycles. The van der Waals surface area contributed by atoms with Crippen LogP contribution in [0, 0.1) is 10.8 Å². The van der Waals surface area contributed by atoms with Gasteiger partial charge in [0, 0.05) is 44.8 Å². The largest absolute Gasteiger partial charge is 0.385 e. The van der Waals surface area contributed by atoms with Crippen molar-refractivity contribution < 1.29 is 14.3 Å². The van der Waals surface area contributed by atoms with Gasteiger partial charge in [0.2, 0.25) is 5.91 Å². The van der Waals surface area contributed by atoms with Crippen LogP contribution in [0.4, 0.5) is 4.79 Å². The summed E-state index contributed by atoms with van der Waals surface area (Å²) in [5, 5.41) is 17.2. The number of nitrogens with one attached hydrogen (secondary N) is 3. The van der Waals surface area contributed by atoms with Gasteiger partial charge in [-0.05, 0) is 57.8 Å².